The molecule has 1 unspecified atom stereocenters. The third-order valence-electron chi connectivity index (χ3n) is 2.88. The summed E-state index contributed by atoms with van der Waals surface area (Å²) in [5, 5.41) is 7.64. The first-order valence-corrected chi connectivity index (χ1v) is 7.43. The molecule has 0 fully saturated rings. The monoisotopic (exact) mass is 276 g/mol. The zero-order valence-electron chi connectivity index (χ0n) is 11.6. The largest absolute Gasteiger partial charge is 0.489 e. The van der Waals surface area contributed by atoms with Gasteiger partial charge in [0.1, 0.15) is 5.75 Å². The molecule has 1 N–H and O–H groups in total. The number of hydrogen-bond acceptors (Lipinski definition) is 4. The van der Waals surface area contributed by atoms with Crippen molar-refractivity contribution in [3.05, 3.63) is 46.4 Å². The summed E-state index contributed by atoms with van der Waals surface area (Å²) in [5.41, 5.74) is 2.51. The van der Waals surface area contributed by atoms with E-state index >= 15 is 0 Å². The second-order valence-electron chi connectivity index (χ2n) is 4.80. The van der Waals surface area contributed by atoms with Crippen molar-refractivity contribution in [2.45, 2.75) is 32.4 Å². The van der Waals surface area contributed by atoms with Gasteiger partial charge in [-0.25, -0.2) is 0 Å². The first kappa shape index (κ1) is 14.0. The van der Waals surface area contributed by atoms with Gasteiger partial charge in [0, 0.05) is 12.2 Å². The quantitative estimate of drug-likeness (QED) is 0.877. The van der Waals surface area contributed by atoms with Crippen LogP contribution in [0.4, 0.5) is 0 Å². The van der Waals surface area contributed by atoms with E-state index in [4.69, 9.17) is 4.74 Å². The third kappa shape index (κ3) is 4.04. The zero-order chi connectivity index (χ0) is 13.7. The fourth-order valence-electron chi connectivity index (χ4n) is 1.99. The molecule has 3 nitrogen and oxygen atoms in total. The Hall–Kier alpha value is -1.39. The normalized spacial score (nSPS) is 12.6. The second kappa shape index (κ2) is 6.68. The molecule has 4 heteroatoms. The van der Waals surface area contributed by atoms with E-state index in [9.17, 15) is 0 Å². The minimum absolute atomic E-state index is 0.168. The molecule has 0 aliphatic rings. The Balaban J connectivity index is 2.13. The molecule has 0 spiro atoms. The SMILES string of the molecule is CNC(Cc1ccsc1)c1cncc(OC(C)C)c1. The van der Waals surface area contributed by atoms with Crippen LogP contribution in [0.2, 0.25) is 0 Å². The molecule has 2 rings (SSSR count). The molecule has 0 amide bonds. The molecule has 2 aromatic heterocycles. The van der Waals surface area contributed by atoms with Crippen LogP contribution in [-0.2, 0) is 6.42 Å². The number of thiophene rings is 1. The minimum atomic E-state index is 0.168. The van der Waals surface area contributed by atoms with Crippen LogP contribution in [0.15, 0.2) is 35.3 Å². The van der Waals surface area contributed by atoms with Crippen molar-refractivity contribution >= 4 is 11.3 Å². The Morgan fingerprint density at radius 3 is 2.84 bits per heavy atom. The molecule has 2 aromatic rings. The van der Waals surface area contributed by atoms with E-state index in [2.05, 4.69) is 33.2 Å². The lowest BCUT2D eigenvalue weighted by Crippen LogP contribution is -2.19. The Morgan fingerprint density at radius 2 is 2.21 bits per heavy atom. The Kier molecular flexibility index (Phi) is 4.93. The molecule has 0 radical (unpaired) electrons. The van der Waals surface area contributed by atoms with E-state index in [0.717, 1.165) is 17.7 Å². The second-order valence-corrected chi connectivity index (χ2v) is 5.58. The van der Waals surface area contributed by atoms with Crippen LogP contribution in [0.1, 0.15) is 31.0 Å². The fraction of sp³-hybridized carbons (Fsp3) is 0.400. The van der Waals surface area contributed by atoms with Crippen molar-refractivity contribution in [2.75, 3.05) is 7.05 Å². The highest BCUT2D eigenvalue weighted by Crippen LogP contribution is 2.22. The van der Waals surface area contributed by atoms with Gasteiger partial charge in [0.25, 0.3) is 0 Å². The summed E-state index contributed by atoms with van der Waals surface area (Å²) in [4.78, 5) is 4.27. The van der Waals surface area contributed by atoms with E-state index in [1.807, 2.05) is 27.1 Å². The number of ether oxygens (including phenoxy) is 1. The molecule has 0 aliphatic carbocycles. The lowest BCUT2D eigenvalue weighted by molar-refractivity contribution is 0.241. The Bertz CT molecular complexity index is 497. The van der Waals surface area contributed by atoms with Crippen LogP contribution in [0.5, 0.6) is 5.75 Å². The van der Waals surface area contributed by atoms with Gasteiger partial charge in [-0.3, -0.25) is 4.98 Å². The van der Waals surface area contributed by atoms with Gasteiger partial charge in [0.05, 0.1) is 12.3 Å². The molecule has 1 atom stereocenters. The van der Waals surface area contributed by atoms with Gasteiger partial charge < -0.3 is 10.1 Å². The number of likely N-dealkylation sites (N-methyl/N-ethyl adjacent to an activating group) is 1. The molecule has 102 valence electrons. The standard InChI is InChI=1S/C15H20N2OS/c1-11(2)18-14-7-13(8-17-9-14)15(16-3)6-12-4-5-19-10-12/h4-5,7-11,15-16H,6H2,1-3H3. The molecule has 0 aromatic carbocycles. The fourth-order valence-corrected chi connectivity index (χ4v) is 2.68. The van der Waals surface area contributed by atoms with Gasteiger partial charge in [-0.1, -0.05) is 0 Å². The molecule has 0 saturated carbocycles. The molecule has 19 heavy (non-hydrogen) atoms. The van der Waals surface area contributed by atoms with Crippen LogP contribution >= 0.6 is 11.3 Å². The first-order chi connectivity index (χ1) is 9.19. The van der Waals surface area contributed by atoms with Crippen LogP contribution in [0, 0.1) is 0 Å². The highest BCUT2D eigenvalue weighted by atomic mass is 32.1. The predicted molar refractivity (Wildman–Crippen MR) is 79.8 cm³/mol. The maximum atomic E-state index is 5.70. The van der Waals surface area contributed by atoms with Crippen LogP contribution in [-0.4, -0.2) is 18.1 Å². The zero-order valence-corrected chi connectivity index (χ0v) is 12.4. The molecule has 0 saturated heterocycles. The summed E-state index contributed by atoms with van der Waals surface area (Å²) in [6.07, 6.45) is 4.80. The predicted octanol–water partition coefficient (Wildman–Crippen LogP) is 3.43. The number of pyridine rings is 1. The van der Waals surface area contributed by atoms with Crippen LogP contribution < -0.4 is 10.1 Å². The van der Waals surface area contributed by atoms with Crippen molar-refractivity contribution in [2.24, 2.45) is 0 Å². The van der Waals surface area contributed by atoms with E-state index < -0.39 is 0 Å². The van der Waals surface area contributed by atoms with Crippen molar-refractivity contribution < 1.29 is 4.74 Å². The van der Waals surface area contributed by atoms with Gasteiger partial charge in [0.2, 0.25) is 0 Å². The number of hydrogen-bond donors (Lipinski definition) is 1. The number of nitrogens with zero attached hydrogens (tertiary/aromatic N) is 1. The van der Waals surface area contributed by atoms with Gasteiger partial charge in [-0.2, -0.15) is 11.3 Å². The summed E-state index contributed by atoms with van der Waals surface area (Å²) in [6.45, 7) is 4.04. The van der Waals surface area contributed by atoms with Gasteiger partial charge in [-0.05, 0) is 61.3 Å². The van der Waals surface area contributed by atoms with E-state index in [-0.39, 0.29) is 12.1 Å². The highest BCUT2D eigenvalue weighted by molar-refractivity contribution is 7.07. The van der Waals surface area contributed by atoms with Crippen molar-refractivity contribution in [1.29, 1.82) is 0 Å². The third-order valence-corrected chi connectivity index (χ3v) is 3.61. The van der Waals surface area contributed by atoms with Crippen molar-refractivity contribution in [3.63, 3.8) is 0 Å². The molecular formula is C15H20N2OS. The summed E-state index contributed by atoms with van der Waals surface area (Å²) < 4.78 is 5.70. The van der Waals surface area contributed by atoms with Crippen molar-refractivity contribution in [3.8, 4) is 5.75 Å². The minimum Gasteiger partial charge on any atom is -0.489 e. The summed E-state index contributed by atoms with van der Waals surface area (Å²) >= 11 is 1.73. The highest BCUT2D eigenvalue weighted by Gasteiger charge is 2.12. The Morgan fingerprint density at radius 1 is 1.37 bits per heavy atom. The van der Waals surface area contributed by atoms with Crippen molar-refractivity contribution in [1.82, 2.24) is 10.3 Å². The molecular weight excluding hydrogens is 256 g/mol. The lowest BCUT2D eigenvalue weighted by Gasteiger charge is -2.17. The smallest absolute Gasteiger partial charge is 0.138 e. The molecule has 0 bridgehead atoms. The lowest BCUT2D eigenvalue weighted by atomic mass is 10.0. The average Bonchev–Trinajstić information content (AvgIpc) is 2.88. The number of nitrogens with one attached hydrogen (secondary N) is 1. The summed E-state index contributed by atoms with van der Waals surface area (Å²) in [5.74, 6) is 0.832. The van der Waals surface area contributed by atoms with E-state index in [0.29, 0.717) is 0 Å². The average molecular weight is 276 g/mol. The number of rotatable bonds is 6. The maximum absolute atomic E-state index is 5.70. The first-order valence-electron chi connectivity index (χ1n) is 6.49. The van der Waals surface area contributed by atoms with Gasteiger partial charge in [0.15, 0.2) is 0 Å². The molecule has 0 aliphatic heterocycles. The molecule has 2 heterocycles. The van der Waals surface area contributed by atoms with Crippen LogP contribution in [0.3, 0.4) is 0 Å². The summed E-state index contributed by atoms with van der Waals surface area (Å²) in [7, 11) is 1.98. The number of aromatic nitrogens is 1. The maximum Gasteiger partial charge on any atom is 0.138 e. The van der Waals surface area contributed by atoms with Crippen LogP contribution in [0.25, 0.3) is 0 Å². The van der Waals surface area contributed by atoms with Gasteiger partial charge in [-0.15, -0.1) is 0 Å². The van der Waals surface area contributed by atoms with E-state index in [1.54, 1.807) is 17.5 Å². The topological polar surface area (TPSA) is 34.2 Å². The van der Waals surface area contributed by atoms with Gasteiger partial charge >= 0.3 is 0 Å². The summed E-state index contributed by atoms with van der Waals surface area (Å²) in [6, 6.07) is 4.50. The van der Waals surface area contributed by atoms with E-state index in [1.165, 1.54) is 5.56 Å². The Labute approximate surface area is 118 Å².